The van der Waals surface area contributed by atoms with Gasteiger partial charge in [0.2, 0.25) is 6.41 Å². The molecule has 0 aliphatic rings. The molecule has 0 aromatic rings. The van der Waals surface area contributed by atoms with Gasteiger partial charge < -0.3 is 10.5 Å². The zero-order chi connectivity index (χ0) is 7.28. The van der Waals surface area contributed by atoms with E-state index in [2.05, 4.69) is 10.5 Å². The van der Waals surface area contributed by atoms with E-state index in [1.165, 1.54) is 5.32 Å². The van der Waals surface area contributed by atoms with Crippen molar-refractivity contribution in [1.29, 1.82) is 0 Å². The molecule has 0 heterocycles. The van der Waals surface area contributed by atoms with Crippen molar-refractivity contribution in [1.82, 2.24) is 5.32 Å². The van der Waals surface area contributed by atoms with Crippen LogP contribution in [0.4, 0.5) is 9.59 Å². The second kappa shape index (κ2) is 3.42. The summed E-state index contributed by atoms with van der Waals surface area (Å²) in [6.45, 7) is 0. The maximum absolute atomic E-state index is 9.99. The van der Waals surface area contributed by atoms with Crippen LogP contribution in [0.25, 0.3) is 0 Å². The van der Waals surface area contributed by atoms with Crippen LogP contribution in [0.15, 0.2) is 0 Å². The van der Waals surface area contributed by atoms with Gasteiger partial charge in [0.05, 0.1) is 0 Å². The van der Waals surface area contributed by atoms with Gasteiger partial charge in [-0.05, 0) is 0 Å². The molecule has 6 heteroatoms. The van der Waals surface area contributed by atoms with Gasteiger partial charge in [-0.15, -0.1) is 0 Å². The number of primary amides is 1. The van der Waals surface area contributed by atoms with E-state index in [1.807, 2.05) is 0 Å². The predicted molar refractivity (Wildman–Crippen MR) is 25.3 cm³/mol. The average molecular weight is 132 g/mol. The quantitative estimate of drug-likeness (QED) is 0.351. The topological polar surface area (TPSA) is 98.5 Å². The molecule has 0 radical (unpaired) electrons. The molecule has 3 amide bonds. The Morgan fingerprint density at radius 3 is 2.44 bits per heavy atom. The van der Waals surface area contributed by atoms with Gasteiger partial charge in [-0.25, -0.2) is 9.59 Å². The summed E-state index contributed by atoms with van der Waals surface area (Å²) in [7, 11) is 0. The lowest BCUT2D eigenvalue weighted by Gasteiger charge is -1.92. The summed E-state index contributed by atoms with van der Waals surface area (Å²) in [6.07, 6.45) is -2.36. The Hall–Kier alpha value is -1.59. The van der Waals surface area contributed by atoms with Crippen molar-refractivity contribution >= 4 is 18.6 Å². The molecule has 0 fully saturated rings. The number of amides is 3. The molecule has 0 aromatic heterocycles. The van der Waals surface area contributed by atoms with Gasteiger partial charge in [-0.2, -0.15) is 0 Å². The van der Waals surface area contributed by atoms with E-state index in [0.29, 0.717) is 0 Å². The molecule has 0 rings (SSSR count). The first-order valence-electron chi connectivity index (χ1n) is 1.88. The van der Waals surface area contributed by atoms with Crippen LogP contribution in [-0.4, -0.2) is 18.6 Å². The Morgan fingerprint density at radius 2 is 2.11 bits per heavy atom. The van der Waals surface area contributed by atoms with Gasteiger partial charge in [-0.1, -0.05) is 0 Å². The number of ether oxygens (including phenoxy) is 1. The summed E-state index contributed by atoms with van der Waals surface area (Å²) in [6, 6.07) is 0. The van der Waals surface area contributed by atoms with Gasteiger partial charge in [0, 0.05) is 0 Å². The summed E-state index contributed by atoms with van der Waals surface area (Å²) in [5, 5.41) is 1.53. The monoisotopic (exact) mass is 132 g/mol. The first kappa shape index (κ1) is 7.41. The Morgan fingerprint density at radius 1 is 1.56 bits per heavy atom. The molecule has 0 aliphatic carbocycles. The number of hydrogen-bond acceptors (Lipinski definition) is 4. The average Bonchev–Trinajstić information content (AvgIpc) is 1.63. The predicted octanol–water partition coefficient (Wildman–Crippen LogP) is -1.05. The second-order valence-corrected chi connectivity index (χ2v) is 0.971. The van der Waals surface area contributed by atoms with Crippen LogP contribution in [0.3, 0.4) is 0 Å². The van der Waals surface area contributed by atoms with Crippen LogP contribution < -0.4 is 11.1 Å². The first-order valence-corrected chi connectivity index (χ1v) is 1.88. The smallest absolute Gasteiger partial charge is 0.359 e. The van der Waals surface area contributed by atoms with Gasteiger partial charge in [0.1, 0.15) is 0 Å². The number of hydrogen-bond donors (Lipinski definition) is 2. The number of imide groups is 1. The Balaban J connectivity index is 3.50. The van der Waals surface area contributed by atoms with Gasteiger partial charge >= 0.3 is 12.2 Å². The SMILES string of the molecule is NC(=O)OC(=O)NC=O. The maximum Gasteiger partial charge on any atom is 0.422 e. The molecule has 0 aromatic carbocycles. The van der Waals surface area contributed by atoms with Crippen LogP contribution in [0.1, 0.15) is 0 Å². The highest BCUT2D eigenvalue weighted by atomic mass is 16.6. The number of rotatable bonds is 1. The number of carbonyl (C=O) groups excluding carboxylic acids is 3. The normalized spacial score (nSPS) is 7.56. The molecule has 0 saturated heterocycles. The fraction of sp³-hybridized carbons (Fsp3) is 0. The minimum absolute atomic E-state index is 0.0747. The van der Waals surface area contributed by atoms with Crippen LogP contribution in [-0.2, 0) is 9.53 Å². The first-order chi connectivity index (χ1) is 4.16. The lowest BCUT2D eigenvalue weighted by molar-refractivity contribution is -0.108. The number of nitrogens with one attached hydrogen (secondary N) is 1. The molecule has 0 saturated carbocycles. The van der Waals surface area contributed by atoms with Crippen LogP contribution >= 0.6 is 0 Å². The van der Waals surface area contributed by atoms with Crippen LogP contribution in [0.5, 0.6) is 0 Å². The Labute approximate surface area is 50.0 Å². The minimum atomic E-state index is -1.26. The lowest BCUT2D eigenvalue weighted by atomic mass is 11.0. The van der Waals surface area contributed by atoms with E-state index in [0.717, 1.165) is 0 Å². The largest absolute Gasteiger partial charge is 0.422 e. The third-order valence-corrected chi connectivity index (χ3v) is 0.370. The van der Waals surface area contributed by atoms with Crippen LogP contribution in [0, 0.1) is 0 Å². The highest BCUT2D eigenvalue weighted by Gasteiger charge is 2.02. The molecule has 3 N–H and O–H groups in total. The molecule has 0 aliphatic heterocycles. The van der Waals surface area contributed by atoms with Gasteiger partial charge in [-0.3, -0.25) is 10.1 Å². The van der Waals surface area contributed by atoms with Crippen molar-refractivity contribution in [2.24, 2.45) is 5.73 Å². The highest BCUT2D eigenvalue weighted by molar-refractivity contribution is 5.88. The fourth-order valence-corrected chi connectivity index (χ4v) is 0.169. The highest BCUT2D eigenvalue weighted by Crippen LogP contribution is 1.72. The summed E-state index contributed by atoms with van der Waals surface area (Å²) < 4.78 is 3.65. The standard InChI is InChI=1S/C3H4N2O4/c4-2(7)9-3(8)5-1-6/h1H,(H2,4,7)(H,5,6,8). The fourth-order valence-electron chi connectivity index (χ4n) is 0.169. The Kier molecular flexibility index (Phi) is 2.81. The second-order valence-electron chi connectivity index (χ2n) is 0.971. The molecule has 0 unspecified atom stereocenters. The third-order valence-electron chi connectivity index (χ3n) is 0.370. The molecular formula is C3H4N2O4. The zero-order valence-electron chi connectivity index (χ0n) is 4.29. The third kappa shape index (κ3) is 4.26. The lowest BCUT2D eigenvalue weighted by Crippen LogP contribution is -2.27. The van der Waals surface area contributed by atoms with E-state index in [9.17, 15) is 14.4 Å². The summed E-state index contributed by atoms with van der Waals surface area (Å²) in [4.78, 5) is 29.1. The zero-order valence-corrected chi connectivity index (χ0v) is 4.29. The van der Waals surface area contributed by atoms with Crippen molar-refractivity contribution < 1.29 is 19.1 Å². The van der Waals surface area contributed by atoms with Gasteiger partial charge in [0.25, 0.3) is 0 Å². The molecule has 6 nitrogen and oxygen atoms in total. The van der Waals surface area contributed by atoms with E-state index >= 15 is 0 Å². The Bertz CT molecular complexity index is 143. The molecule has 0 bridgehead atoms. The molecule has 0 atom stereocenters. The van der Waals surface area contributed by atoms with Crippen molar-refractivity contribution in [3.8, 4) is 0 Å². The van der Waals surface area contributed by atoms with E-state index < -0.39 is 12.2 Å². The van der Waals surface area contributed by atoms with Crippen molar-refractivity contribution in [2.45, 2.75) is 0 Å². The minimum Gasteiger partial charge on any atom is -0.359 e. The molecule has 0 spiro atoms. The van der Waals surface area contributed by atoms with Crippen molar-refractivity contribution in [2.75, 3.05) is 0 Å². The number of nitrogens with two attached hydrogens (primary N) is 1. The van der Waals surface area contributed by atoms with Crippen molar-refractivity contribution in [3.63, 3.8) is 0 Å². The van der Waals surface area contributed by atoms with Gasteiger partial charge in [0.15, 0.2) is 0 Å². The maximum atomic E-state index is 9.99. The van der Waals surface area contributed by atoms with Crippen molar-refractivity contribution in [3.05, 3.63) is 0 Å². The number of carbonyl (C=O) groups is 3. The summed E-state index contributed by atoms with van der Waals surface area (Å²) in [5.41, 5.74) is 4.39. The van der Waals surface area contributed by atoms with E-state index in [4.69, 9.17) is 0 Å². The van der Waals surface area contributed by atoms with E-state index in [1.54, 1.807) is 0 Å². The molecular weight excluding hydrogens is 128 g/mol. The summed E-state index contributed by atoms with van der Waals surface area (Å²) in [5.74, 6) is 0. The number of alkyl carbamates (subject to hydrolysis) is 1. The summed E-state index contributed by atoms with van der Waals surface area (Å²) >= 11 is 0. The molecule has 50 valence electrons. The van der Waals surface area contributed by atoms with E-state index in [-0.39, 0.29) is 6.41 Å². The van der Waals surface area contributed by atoms with Crippen LogP contribution in [0.2, 0.25) is 0 Å². The molecule has 9 heavy (non-hydrogen) atoms.